The van der Waals surface area contributed by atoms with Crippen LogP contribution in [0.1, 0.15) is 20.8 Å². The second-order valence-electron chi connectivity index (χ2n) is 3.97. The first-order chi connectivity index (χ1) is 7.53. The number of allylic oxidation sites excluding steroid dienone is 1. The van der Waals surface area contributed by atoms with Crippen LogP contribution in [0.4, 0.5) is 18.0 Å². The summed E-state index contributed by atoms with van der Waals surface area (Å²) in [6.45, 7) is 4.84. The van der Waals surface area contributed by atoms with Crippen LogP contribution in [0.15, 0.2) is 16.9 Å². The zero-order valence-corrected chi connectivity index (χ0v) is 9.63. The molecule has 0 saturated heterocycles. The zero-order valence-electron chi connectivity index (χ0n) is 9.63. The summed E-state index contributed by atoms with van der Waals surface area (Å²) in [5.41, 5.74) is 3.96. The molecule has 0 saturated carbocycles. The molecule has 0 heterocycles. The van der Waals surface area contributed by atoms with E-state index < -0.39 is 18.0 Å². The molecule has 0 spiro atoms. The van der Waals surface area contributed by atoms with Crippen molar-refractivity contribution in [3.05, 3.63) is 11.9 Å². The van der Waals surface area contributed by atoms with E-state index in [1.807, 2.05) is 5.32 Å². The van der Waals surface area contributed by atoms with Gasteiger partial charge in [0, 0.05) is 6.20 Å². The number of aliphatic imine (C=N–C) groups is 1. The second-order valence-corrected chi connectivity index (χ2v) is 3.97. The number of nitrogens with two attached hydrogens (primary N) is 1. The SMILES string of the molecule is CC(C)(C)OC(=O)NC(C=NC(F)(F)F)=CN. The van der Waals surface area contributed by atoms with Gasteiger partial charge in [0.15, 0.2) is 0 Å². The molecular weight excluding hydrogens is 239 g/mol. The molecule has 0 unspecified atom stereocenters. The number of nitrogens with one attached hydrogen (secondary N) is 1. The van der Waals surface area contributed by atoms with E-state index >= 15 is 0 Å². The molecule has 98 valence electrons. The van der Waals surface area contributed by atoms with E-state index in [0.29, 0.717) is 6.21 Å². The Balaban J connectivity index is 4.45. The molecule has 0 aliphatic carbocycles. The van der Waals surface area contributed by atoms with Crippen LogP contribution in [0.25, 0.3) is 0 Å². The first kappa shape index (κ1) is 15.3. The number of alkyl carbamates (subject to hydrolysis) is 1. The largest absolute Gasteiger partial charge is 0.503 e. The van der Waals surface area contributed by atoms with E-state index in [0.717, 1.165) is 6.20 Å². The average molecular weight is 253 g/mol. The van der Waals surface area contributed by atoms with Crippen molar-refractivity contribution in [2.45, 2.75) is 32.7 Å². The summed E-state index contributed by atoms with van der Waals surface area (Å²) in [5.74, 6) is 0. The quantitative estimate of drug-likeness (QED) is 0.583. The molecule has 3 N–H and O–H groups in total. The smallest absolute Gasteiger partial charge is 0.444 e. The van der Waals surface area contributed by atoms with Crippen LogP contribution in [0.5, 0.6) is 0 Å². The minimum Gasteiger partial charge on any atom is -0.444 e. The number of hydrogen-bond acceptors (Lipinski definition) is 4. The van der Waals surface area contributed by atoms with Crippen LogP contribution in [-0.2, 0) is 4.74 Å². The summed E-state index contributed by atoms with van der Waals surface area (Å²) in [4.78, 5) is 13.4. The Morgan fingerprint density at radius 2 is 1.88 bits per heavy atom. The van der Waals surface area contributed by atoms with Crippen LogP contribution in [0.2, 0.25) is 0 Å². The molecule has 0 aromatic carbocycles. The van der Waals surface area contributed by atoms with E-state index in [9.17, 15) is 18.0 Å². The Morgan fingerprint density at radius 1 is 1.35 bits per heavy atom. The fourth-order valence-electron chi connectivity index (χ4n) is 0.681. The molecule has 1 amide bonds. The third-order valence-corrected chi connectivity index (χ3v) is 1.17. The summed E-state index contributed by atoms with van der Waals surface area (Å²) in [6.07, 6.45) is -4.46. The molecule has 17 heavy (non-hydrogen) atoms. The topological polar surface area (TPSA) is 76.7 Å². The number of ether oxygens (including phenoxy) is 1. The number of rotatable bonds is 2. The maximum absolute atomic E-state index is 11.8. The predicted molar refractivity (Wildman–Crippen MR) is 56.2 cm³/mol. The molecule has 0 rings (SSSR count). The number of carbonyl (C=O) groups excluding carboxylic acids is 1. The molecule has 8 heteroatoms. The molecule has 0 aromatic heterocycles. The van der Waals surface area contributed by atoms with Crippen molar-refractivity contribution in [2.75, 3.05) is 0 Å². The summed E-state index contributed by atoms with van der Waals surface area (Å²) < 4.78 is 40.1. The van der Waals surface area contributed by atoms with Crippen molar-refractivity contribution in [3.8, 4) is 0 Å². The Morgan fingerprint density at radius 3 is 2.24 bits per heavy atom. The number of amides is 1. The summed E-state index contributed by atoms with van der Waals surface area (Å²) >= 11 is 0. The number of alkyl halides is 3. The van der Waals surface area contributed by atoms with E-state index in [2.05, 4.69) is 4.99 Å². The van der Waals surface area contributed by atoms with Gasteiger partial charge in [-0.3, -0.25) is 5.32 Å². The van der Waals surface area contributed by atoms with E-state index in [4.69, 9.17) is 10.5 Å². The molecule has 0 bridgehead atoms. The highest BCUT2D eigenvalue weighted by Crippen LogP contribution is 2.15. The van der Waals surface area contributed by atoms with Crippen LogP contribution in [0.3, 0.4) is 0 Å². The highest BCUT2D eigenvalue weighted by atomic mass is 19.4. The normalized spacial score (nSPS) is 13.9. The number of halogens is 3. The maximum atomic E-state index is 11.8. The van der Waals surface area contributed by atoms with E-state index in [-0.39, 0.29) is 5.70 Å². The monoisotopic (exact) mass is 253 g/mol. The fraction of sp³-hybridized carbons (Fsp3) is 0.556. The van der Waals surface area contributed by atoms with Crippen molar-refractivity contribution in [1.82, 2.24) is 5.32 Å². The molecule has 0 aromatic rings. The van der Waals surface area contributed by atoms with Crippen LogP contribution >= 0.6 is 0 Å². The second kappa shape index (κ2) is 5.55. The lowest BCUT2D eigenvalue weighted by Crippen LogP contribution is -2.33. The first-order valence-electron chi connectivity index (χ1n) is 4.57. The average Bonchev–Trinajstić information content (AvgIpc) is 2.07. The van der Waals surface area contributed by atoms with Crippen molar-refractivity contribution in [1.29, 1.82) is 0 Å². The number of hydrogen-bond donors (Lipinski definition) is 2. The van der Waals surface area contributed by atoms with Crippen molar-refractivity contribution in [2.24, 2.45) is 10.7 Å². The Bertz CT molecular complexity index is 329. The predicted octanol–water partition coefficient (Wildman–Crippen LogP) is 1.90. The highest BCUT2D eigenvalue weighted by molar-refractivity contribution is 5.84. The van der Waals surface area contributed by atoms with Gasteiger partial charge in [-0.2, -0.15) is 4.99 Å². The zero-order chi connectivity index (χ0) is 13.7. The molecular formula is C9H14F3N3O2. The lowest BCUT2D eigenvalue weighted by atomic mass is 10.2. The van der Waals surface area contributed by atoms with Gasteiger partial charge in [-0.15, -0.1) is 13.2 Å². The first-order valence-corrected chi connectivity index (χ1v) is 4.57. The van der Waals surface area contributed by atoms with Crippen LogP contribution in [0, 0.1) is 0 Å². The molecule has 0 radical (unpaired) electrons. The fourth-order valence-corrected chi connectivity index (χ4v) is 0.681. The van der Waals surface area contributed by atoms with Crippen molar-refractivity contribution >= 4 is 12.3 Å². The van der Waals surface area contributed by atoms with Gasteiger partial charge < -0.3 is 10.5 Å². The Hall–Kier alpha value is -1.73. The van der Waals surface area contributed by atoms with E-state index in [1.165, 1.54) is 0 Å². The lowest BCUT2D eigenvalue weighted by Gasteiger charge is -2.19. The molecule has 5 nitrogen and oxygen atoms in total. The van der Waals surface area contributed by atoms with Gasteiger partial charge in [0.2, 0.25) is 0 Å². The van der Waals surface area contributed by atoms with Gasteiger partial charge in [-0.1, -0.05) is 0 Å². The van der Waals surface area contributed by atoms with E-state index in [1.54, 1.807) is 20.8 Å². The molecule has 0 atom stereocenters. The highest BCUT2D eigenvalue weighted by Gasteiger charge is 2.25. The summed E-state index contributed by atoms with van der Waals surface area (Å²) in [6, 6.07) is 0. The van der Waals surface area contributed by atoms with Gasteiger partial charge in [0.25, 0.3) is 0 Å². The minimum atomic E-state index is -4.72. The van der Waals surface area contributed by atoms with Gasteiger partial charge >= 0.3 is 12.4 Å². The minimum absolute atomic E-state index is 0.309. The maximum Gasteiger partial charge on any atom is 0.503 e. The standard InChI is InChI=1S/C9H14F3N3O2/c1-8(2,3)17-7(16)15-6(4-13)5-14-9(10,11)12/h4-5H,13H2,1-3H3,(H,15,16). The molecule has 0 aliphatic rings. The van der Waals surface area contributed by atoms with Crippen molar-refractivity contribution < 1.29 is 22.7 Å². The van der Waals surface area contributed by atoms with Gasteiger partial charge in [0.05, 0.1) is 11.9 Å². The van der Waals surface area contributed by atoms with Gasteiger partial charge in [-0.25, -0.2) is 4.79 Å². The van der Waals surface area contributed by atoms with Crippen molar-refractivity contribution in [3.63, 3.8) is 0 Å². The van der Waals surface area contributed by atoms with Gasteiger partial charge in [-0.05, 0) is 20.8 Å². The summed E-state index contributed by atoms with van der Waals surface area (Å²) in [5, 5.41) is 2.02. The lowest BCUT2D eigenvalue weighted by molar-refractivity contribution is -0.119. The number of carbonyl (C=O) groups is 1. The molecule has 0 aliphatic heterocycles. The van der Waals surface area contributed by atoms with Crippen LogP contribution < -0.4 is 11.1 Å². The van der Waals surface area contributed by atoms with Crippen LogP contribution in [-0.4, -0.2) is 24.2 Å². The third kappa shape index (κ3) is 9.21. The Kier molecular flexibility index (Phi) is 4.99. The number of nitrogens with zero attached hydrogens (tertiary/aromatic N) is 1. The van der Waals surface area contributed by atoms with Gasteiger partial charge in [0.1, 0.15) is 5.60 Å². The summed E-state index contributed by atoms with van der Waals surface area (Å²) in [7, 11) is 0. The molecule has 0 fully saturated rings. The third-order valence-electron chi connectivity index (χ3n) is 1.17. The Labute approximate surface area is 96.5 Å².